The molecule has 7 nitrogen and oxygen atoms in total. The third-order valence-corrected chi connectivity index (χ3v) is 1.18. The van der Waals surface area contributed by atoms with Crippen molar-refractivity contribution < 1.29 is 0 Å². The van der Waals surface area contributed by atoms with E-state index in [-0.39, 0.29) is 17.8 Å². The summed E-state index contributed by atoms with van der Waals surface area (Å²) in [6, 6.07) is 3.89. The van der Waals surface area contributed by atoms with Crippen LogP contribution < -0.4 is 17.2 Å². The summed E-state index contributed by atoms with van der Waals surface area (Å²) in [5.41, 5.74) is 15.4. The van der Waals surface area contributed by atoms with Crippen molar-refractivity contribution in [1.29, 1.82) is 0 Å². The van der Waals surface area contributed by atoms with E-state index in [0.717, 1.165) is 0 Å². The summed E-state index contributed by atoms with van der Waals surface area (Å²) in [5, 5.41) is 0. The molecule has 0 aliphatic rings. The zero-order valence-electron chi connectivity index (χ0n) is 7.38. The van der Waals surface area contributed by atoms with Crippen molar-refractivity contribution in [2.45, 2.75) is 0 Å². The second-order valence-corrected chi connectivity index (χ2v) is 2.29. The van der Waals surface area contributed by atoms with Crippen LogP contribution in [0.1, 0.15) is 0 Å². The Kier molecular flexibility index (Phi) is 3.25. The van der Waals surface area contributed by atoms with Crippen LogP contribution in [0.4, 0.5) is 17.8 Å². The number of anilines is 3. The fourth-order valence-corrected chi connectivity index (χ4v) is 0.705. The van der Waals surface area contributed by atoms with Crippen LogP contribution in [0.2, 0.25) is 0 Å². The average molecular weight is 193 g/mol. The molecule has 0 amide bonds. The molecule has 0 spiro atoms. The first kappa shape index (κ1) is 9.78. The monoisotopic (exact) mass is 193 g/mol. The van der Waals surface area contributed by atoms with Crippen molar-refractivity contribution in [3.63, 3.8) is 0 Å². The smallest absolute Gasteiger partial charge is 0.226 e. The Balaban J connectivity index is 0.000000165. The zero-order valence-corrected chi connectivity index (χ0v) is 7.38. The maximum Gasteiger partial charge on any atom is 0.226 e. The Morgan fingerprint density at radius 1 is 0.786 bits per heavy atom. The van der Waals surface area contributed by atoms with Crippen molar-refractivity contribution in [3.8, 4) is 0 Å². The minimum absolute atomic E-state index is 0.0417. The maximum atomic E-state index is 5.14. The van der Waals surface area contributed by atoms with E-state index in [1.165, 1.54) is 0 Å². The number of nitrogens with one attached hydrogen (secondary N) is 1. The first-order valence-corrected chi connectivity index (χ1v) is 3.79. The molecule has 0 saturated carbocycles. The van der Waals surface area contributed by atoms with Gasteiger partial charge in [-0.15, -0.1) is 0 Å². The normalized spacial score (nSPS) is 8.86. The van der Waals surface area contributed by atoms with E-state index >= 15 is 0 Å². The second kappa shape index (κ2) is 4.65. The van der Waals surface area contributed by atoms with Gasteiger partial charge in [0.2, 0.25) is 17.8 Å². The van der Waals surface area contributed by atoms with Gasteiger partial charge in [-0.25, -0.2) is 0 Å². The molecular weight excluding hydrogens is 182 g/mol. The Bertz CT molecular complexity index is 302. The Hall–Kier alpha value is -2.31. The van der Waals surface area contributed by atoms with E-state index in [4.69, 9.17) is 17.2 Å². The van der Waals surface area contributed by atoms with Crippen LogP contribution in [-0.2, 0) is 0 Å². The van der Waals surface area contributed by atoms with Gasteiger partial charge in [-0.05, 0) is 12.1 Å². The topological polar surface area (TPSA) is 133 Å². The van der Waals surface area contributed by atoms with E-state index < -0.39 is 0 Å². The lowest BCUT2D eigenvalue weighted by Gasteiger charge is -1.93. The van der Waals surface area contributed by atoms with Crippen LogP contribution in [-0.4, -0.2) is 19.9 Å². The minimum Gasteiger partial charge on any atom is -0.368 e. The molecule has 0 aromatic carbocycles. The maximum absolute atomic E-state index is 5.14. The molecule has 0 bridgehead atoms. The molecule has 0 aliphatic heterocycles. The summed E-state index contributed by atoms with van der Waals surface area (Å²) in [6.45, 7) is 0. The molecule has 0 radical (unpaired) electrons. The number of aromatic nitrogens is 4. The van der Waals surface area contributed by atoms with Crippen LogP contribution in [0, 0.1) is 0 Å². The molecule has 0 saturated heterocycles. The van der Waals surface area contributed by atoms with Gasteiger partial charge in [0.15, 0.2) is 0 Å². The summed E-state index contributed by atoms with van der Waals surface area (Å²) in [7, 11) is 0. The first-order chi connectivity index (χ1) is 6.68. The lowest BCUT2D eigenvalue weighted by molar-refractivity contribution is 1.09. The number of hydrogen-bond acceptors (Lipinski definition) is 6. The second-order valence-electron chi connectivity index (χ2n) is 2.29. The lowest BCUT2D eigenvalue weighted by Crippen LogP contribution is -2.05. The van der Waals surface area contributed by atoms with E-state index in [1.807, 2.05) is 24.5 Å². The lowest BCUT2D eigenvalue weighted by atomic mass is 10.7. The summed E-state index contributed by atoms with van der Waals surface area (Å²) in [6.07, 6.45) is 3.75. The van der Waals surface area contributed by atoms with Gasteiger partial charge >= 0.3 is 0 Å². The largest absolute Gasteiger partial charge is 0.368 e. The molecule has 14 heavy (non-hydrogen) atoms. The van der Waals surface area contributed by atoms with Gasteiger partial charge in [0, 0.05) is 12.4 Å². The molecule has 2 rings (SSSR count). The Morgan fingerprint density at radius 3 is 1.36 bits per heavy atom. The quantitative estimate of drug-likeness (QED) is 0.451. The molecule has 74 valence electrons. The molecule has 0 unspecified atom stereocenters. The van der Waals surface area contributed by atoms with E-state index in [0.29, 0.717) is 0 Å². The van der Waals surface area contributed by atoms with Gasteiger partial charge in [-0.3, -0.25) is 0 Å². The van der Waals surface area contributed by atoms with Gasteiger partial charge < -0.3 is 22.2 Å². The molecule has 0 aliphatic carbocycles. The number of aromatic amines is 1. The number of nitrogen functional groups attached to an aromatic ring is 3. The third kappa shape index (κ3) is 3.39. The number of rotatable bonds is 0. The number of nitrogens with zero attached hydrogens (tertiary/aromatic N) is 3. The number of hydrogen-bond donors (Lipinski definition) is 4. The SMILES string of the molecule is Nc1nc(N)nc(N)n1.c1cc[nH]c1. The summed E-state index contributed by atoms with van der Waals surface area (Å²) < 4.78 is 0. The van der Waals surface area contributed by atoms with Gasteiger partial charge in [-0.2, -0.15) is 15.0 Å². The highest BCUT2D eigenvalue weighted by molar-refractivity contribution is 5.33. The zero-order chi connectivity index (χ0) is 10.4. The van der Waals surface area contributed by atoms with E-state index in [1.54, 1.807) is 0 Å². The van der Waals surface area contributed by atoms with Crippen LogP contribution in [0.3, 0.4) is 0 Å². The average Bonchev–Trinajstić information content (AvgIpc) is 2.56. The van der Waals surface area contributed by atoms with Crippen molar-refractivity contribution in [1.82, 2.24) is 19.9 Å². The highest BCUT2D eigenvalue weighted by Gasteiger charge is 1.93. The first-order valence-electron chi connectivity index (χ1n) is 3.79. The number of H-pyrrole nitrogens is 1. The molecule has 2 aromatic rings. The molecule has 0 atom stereocenters. The standard InChI is InChI=1S/C4H5N.C3H6N6/c1-2-4-5-3-1;4-1-7-2(5)9-3(6)8-1/h1-5H;(H6,4,5,6,7,8,9). The van der Waals surface area contributed by atoms with Crippen molar-refractivity contribution >= 4 is 17.8 Å². The fraction of sp³-hybridized carbons (Fsp3) is 0. The van der Waals surface area contributed by atoms with Crippen LogP contribution >= 0.6 is 0 Å². The van der Waals surface area contributed by atoms with E-state index in [2.05, 4.69) is 19.9 Å². The predicted molar refractivity (Wildman–Crippen MR) is 53.9 cm³/mol. The third-order valence-electron chi connectivity index (χ3n) is 1.18. The highest BCUT2D eigenvalue weighted by Crippen LogP contribution is 1.97. The van der Waals surface area contributed by atoms with Crippen molar-refractivity contribution in [2.24, 2.45) is 0 Å². The van der Waals surface area contributed by atoms with Gasteiger partial charge in [0.05, 0.1) is 0 Å². The van der Waals surface area contributed by atoms with Crippen LogP contribution in [0.25, 0.3) is 0 Å². The highest BCUT2D eigenvalue weighted by atomic mass is 15.2. The summed E-state index contributed by atoms with van der Waals surface area (Å²) in [4.78, 5) is 13.3. The molecule has 2 heterocycles. The van der Waals surface area contributed by atoms with Crippen molar-refractivity contribution in [2.75, 3.05) is 17.2 Å². The number of nitrogens with two attached hydrogens (primary N) is 3. The molecule has 0 fully saturated rings. The van der Waals surface area contributed by atoms with Crippen molar-refractivity contribution in [3.05, 3.63) is 24.5 Å². The molecule has 7 N–H and O–H groups in total. The Labute approximate surface area is 80.4 Å². The Morgan fingerprint density at radius 2 is 1.14 bits per heavy atom. The van der Waals surface area contributed by atoms with E-state index in [9.17, 15) is 0 Å². The fourth-order valence-electron chi connectivity index (χ4n) is 0.705. The molecule has 2 aromatic heterocycles. The van der Waals surface area contributed by atoms with Gasteiger partial charge in [-0.1, -0.05) is 0 Å². The van der Waals surface area contributed by atoms with Crippen LogP contribution in [0.15, 0.2) is 24.5 Å². The van der Waals surface area contributed by atoms with Gasteiger partial charge in [0.1, 0.15) is 0 Å². The summed E-state index contributed by atoms with van der Waals surface area (Å²) >= 11 is 0. The molecular formula is C7H11N7. The minimum atomic E-state index is 0.0417. The van der Waals surface area contributed by atoms with Gasteiger partial charge in [0.25, 0.3) is 0 Å². The molecule has 7 heteroatoms. The predicted octanol–water partition coefficient (Wildman–Crippen LogP) is -0.367. The summed E-state index contributed by atoms with van der Waals surface area (Å²) in [5.74, 6) is 0.125. The van der Waals surface area contributed by atoms with Crippen LogP contribution in [0.5, 0.6) is 0 Å².